The molecule has 1 fully saturated rings. The number of hydrogen-bond acceptors (Lipinski definition) is 2. The number of benzene rings is 1. The van der Waals surface area contributed by atoms with Crippen LogP contribution >= 0.6 is 15.9 Å². The van der Waals surface area contributed by atoms with E-state index in [0.717, 1.165) is 17.4 Å². The maximum atomic E-state index is 13.8. The van der Waals surface area contributed by atoms with E-state index in [1.165, 1.54) is 6.07 Å². The number of nitrogens with zero attached hydrogens (tertiary/aromatic N) is 1. The predicted octanol–water partition coefficient (Wildman–Crippen LogP) is 2.71. The zero-order valence-electron chi connectivity index (χ0n) is 11.2. The van der Waals surface area contributed by atoms with Crippen LogP contribution < -0.4 is 5.32 Å². The third-order valence-electron chi connectivity index (χ3n) is 3.44. The average molecular weight is 341 g/mol. The van der Waals surface area contributed by atoms with Crippen LogP contribution in [-0.2, 0) is 11.3 Å². The van der Waals surface area contributed by atoms with Crippen molar-refractivity contribution in [3.63, 3.8) is 0 Å². The molecule has 1 heterocycles. The molecule has 0 radical (unpaired) electrons. The lowest BCUT2D eigenvalue weighted by Crippen LogP contribution is -2.37. The van der Waals surface area contributed by atoms with E-state index in [9.17, 15) is 9.18 Å². The first-order chi connectivity index (χ1) is 9.61. The summed E-state index contributed by atoms with van der Waals surface area (Å²) in [6.07, 6.45) is 2.52. The van der Waals surface area contributed by atoms with E-state index < -0.39 is 0 Å². The standard InChI is InChI=1S/C15H18BrFN2O/c1-2-7-19(15(20)11-5-6-18-9-11)10-12-8-13(16)3-4-14(12)17/h2-4,8,11,18H,1,5-7,9-10H2/t11-/m1/s1. The molecule has 0 spiro atoms. The Kier molecular flexibility index (Phi) is 5.31. The molecule has 108 valence electrons. The number of hydrogen-bond donors (Lipinski definition) is 1. The van der Waals surface area contributed by atoms with Crippen LogP contribution in [0.3, 0.4) is 0 Å². The van der Waals surface area contributed by atoms with Gasteiger partial charge in [-0.1, -0.05) is 22.0 Å². The normalized spacial score (nSPS) is 18.0. The summed E-state index contributed by atoms with van der Waals surface area (Å²) in [7, 11) is 0. The Balaban J connectivity index is 2.13. The molecule has 1 saturated heterocycles. The number of carbonyl (C=O) groups excluding carboxylic acids is 1. The lowest BCUT2D eigenvalue weighted by atomic mass is 10.1. The SMILES string of the molecule is C=CCN(Cc1cc(Br)ccc1F)C(=O)[C@@H]1CCNC1. The average Bonchev–Trinajstić information content (AvgIpc) is 2.95. The fourth-order valence-corrected chi connectivity index (χ4v) is 2.79. The molecule has 1 aliphatic rings. The van der Waals surface area contributed by atoms with Gasteiger partial charge in [-0.2, -0.15) is 0 Å². The Labute approximate surface area is 127 Å². The molecule has 0 unspecified atom stereocenters. The third-order valence-corrected chi connectivity index (χ3v) is 3.93. The van der Waals surface area contributed by atoms with Gasteiger partial charge in [-0.25, -0.2) is 4.39 Å². The molecule has 0 aromatic heterocycles. The van der Waals surface area contributed by atoms with Crippen molar-refractivity contribution in [2.45, 2.75) is 13.0 Å². The monoisotopic (exact) mass is 340 g/mol. The molecular weight excluding hydrogens is 323 g/mol. The van der Waals surface area contributed by atoms with E-state index in [1.54, 1.807) is 23.1 Å². The van der Waals surface area contributed by atoms with Crippen molar-refractivity contribution in [2.75, 3.05) is 19.6 Å². The first-order valence-corrected chi connectivity index (χ1v) is 7.45. The van der Waals surface area contributed by atoms with Crippen LogP contribution in [0, 0.1) is 11.7 Å². The van der Waals surface area contributed by atoms with Crippen LogP contribution in [0.15, 0.2) is 35.3 Å². The van der Waals surface area contributed by atoms with E-state index in [2.05, 4.69) is 27.8 Å². The Hall–Kier alpha value is -1.20. The van der Waals surface area contributed by atoms with E-state index >= 15 is 0 Å². The molecule has 1 aromatic carbocycles. The van der Waals surface area contributed by atoms with Crippen LogP contribution in [-0.4, -0.2) is 30.4 Å². The van der Waals surface area contributed by atoms with Gasteiger partial charge < -0.3 is 10.2 Å². The minimum Gasteiger partial charge on any atom is -0.334 e. The molecular formula is C15H18BrFN2O. The van der Waals surface area contributed by atoms with Gasteiger partial charge in [0.1, 0.15) is 5.82 Å². The van der Waals surface area contributed by atoms with Crippen LogP contribution in [0.25, 0.3) is 0 Å². The smallest absolute Gasteiger partial charge is 0.227 e. The molecule has 5 heteroatoms. The van der Waals surface area contributed by atoms with E-state index in [1.807, 2.05) is 0 Å². The van der Waals surface area contributed by atoms with Crippen molar-refractivity contribution in [3.05, 3.63) is 46.7 Å². The van der Waals surface area contributed by atoms with Gasteiger partial charge in [0.05, 0.1) is 5.92 Å². The van der Waals surface area contributed by atoms with Crippen LogP contribution in [0.1, 0.15) is 12.0 Å². The zero-order valence-corrected chi connectivity index (χ0v) is 12.8. The van der Waals surface area contributed by atoms with E-state index in [-0.39, 0.29) is 24.2 Å². The molecule has 1 aliphatic heterocycles. The molecule has 0 bridgehead atoms. The Morgan fingerprint density at radius 1 is 1.60 bits per heavy atom. The summed E-state index contributed by atoms with van der Waals surface area (Å²) in [5.74, 6) is -0.237. The largest absolute Gasteiger partial charge is 0.334 e. The van der Waals surface area contributed by atoms with Crippen molar-refractivity contribution < 1.29 is 9.18 Å². The van der Waals surface area contributed by atoms with Gasteiger partial charge in [0, 0.05) is 29.7 Å². The summed E-state index contributed by atoms with van der Waals surface area (Å²) in [6, 6.07) is 4.78. The summed E-state index contributed by atoms with van der Waals surface area (Å²) in [6.45, 7) is 5.95. The van der Waals surface area contributed by atoms with Gasteiger partial charge in [-0.15, -0.1) is 6.58 Å². The van der Waals surface area contributed by atoms with Crippen molar-refractivity contribution in [1.82, 2.24) is 10.2 Å². The quantitative estimate of drug-likeness (QED) is 0.836. The molecule has 0 aliphatic carbocycles. The van der Waals surface area contributed by atoms with Gasteiger partial charge in [0.15, 0.2) is 0 Å². The topological polar surface area (TPSA) is 32.3 Å². The van der Waals surface area contributed by atoms with Gasteiger partial charge in [-0.05, 0) is 31.2 Å². The molecule has 0 saturated carbocycles. The minimum atomic E-state index is -0.292. The lowest BCUT2D eigenvalue weighted by Gasteiger charge is -2.24. The second kappa shape index (κ2) is 6.99. The Morgan fingerprint density at radius 2 is 2.40 bits per heavy atom. The summed E-state index contributed by atoms with van der Waals surface area (Å²) in [5.41, 5.74) is 0.514. The molecule has 1 amide bonds. The first-order valence-electron chi connectivity index (χ1n) is 6.66. The number of halogens is 2. The number of nitrogens with one attached hydrogen (secondary N) is 1. The molecule has 1 atom stereocenters. The summed E-state index contributed by atoms with van der Waals surface area (Å²) < 4.78 is 14.6. The maximum Gasteiger partial charge on any atom is 0.227 e. The molecule has 1 aromatic rings. The van der Waals surface area contributed by atoms with Gasteiger partial charge >= 0.3 is 0 Å². The third kappa shape index (κ3) is 3.67. The van der Waals surface area contributed by atoms with Crippen molar-refractivity contribution in [2.24, 2.45) is 5.92 Å². The second-order valence-corrected chi connectivity index (χ2v) is 5.85. The Morgan fingerprint density at radius 3 is 3.05 bits per heavy atom. The highest BCUT2D eigenvalue weighted by Gasteiger charge is 2.27. The van der Waals surface area contributed by atoms with Gasteiger partial charge in [-0.3, -0.25) is 4.79 Å². The molecule has 3 nitrogen and oxygen atoms in total. The summed E-state index contributed by atoms with van der Waals surface area (Å²) in [5, 5.41) is 3.18. The highest BCUT2D eigenvalue weighted by atomic mass is 79.9. The zero-order chi connectivity index (χ0) is 14.5. The highest BCUT2D eigenvalue weighted by molar-refractivity contribution is 9.10. The van der Waals surface area contributed by atoms with Gasteiger partial charge in [0.25, 0.3) is 0 Å². The molecule has 20 heavy (non-hydrogen) atoms. The van der Waals surface area contributed by atoms with Crippen molar-refractivity contribution in [3.8, 4) is 0 Å². The van der Waals surface area contributed by atoms with Crippen molar-refractivity contribution in [1.29, 1.82) is 0 Å². The lowest BCUT2D eigenvalue weighted by molar-refractivity contribution is -0.135. The van der Waals surface area contributed by atoms with Crippen LogP contribution in [0.5, 0.6) is 0 Å². The van der Waals surface area contributed by atoms with E-state index in [0.29, 0.717) is 18.7 Å². The minimum absolute atomic E-state index is 0.00911. The number of amides is 1. The number of rotatable bonds is 5. The maximum absolute atomic E-state index is 13.8. The summed E-state index contributed by atoms with van der Waals surface area (Å²) in [4.78, 5) is 14.1. The molecule has 2 rings (SSSR count). The number of carbonyl (C=O) groups is 1. The molecule has 1 N–H and O–H groups in total. The predicted molar refractivity (Wildman–Crippen MR) is 80.7 cm³/mol. The second-order valence-electron chi connectivity index (χ2n) is 4.93. The van der Waals surface area contributed by atoms with Crippen molar-refractivity contribution >= 4 is 21.8 Å². The van der Waals surface area contributed by atoms with Crippen LogP contribution in [0.4, 0.5) is 4.39 Å². The first kappa shape index (κ1) is 15.2. The fourth-order valence-electron chi connectivity index (χ4n) is 2.38. The van der Waals surface area contributed by atoms with E-state index in [4.69, 9.17) is 0 Å². The van der Waals surface area contributed by atoms with Gasteiger partial charge in [0.2, 0.25) is 5.91 Å². The Bertz CT molecular complexity index is 501. The fraction of sp³-hybridized carbons (Fsp3) is 0.400. The summed E-state index contributed by atoms with van der Waals surface area (Å²) >= 11 is 3.33. The van der Waals surface area contributed by atoms with Crippen LogP contribution in [0.2, 0.25) is 0 Å². The highest BCUT2D eigenvalue weighted by Crippen LogP contribution is 2.19.